The van der Waals surface area contributed by atoms with E-state index >= 15 is 0 Å². The molecule has 0 aliphatic carbocycles. The fourth-order valence-electron chi connectivity index (χ4n) is 5.90. The molecule has 0 saturated carbocycles. The molecule has 5 heterocycles. The summed E-state index contributed by atoms with van der Waals surface area (Å²) < 4.78 is 5.53. The number of aromatic nitrogens is 3. The third kappa shape index (κ3) is 4.96. The summed E-state index contributed by atoms with van der Waals surface area (Å²) in [4.78, 5) is 37.5. The van der Waals surface area contributed by atoms with Gasteiger partial charge in [-0.25, -0.2) is 9.78 Å². The molecule has 2 aromatic heterocycles. The monoisotopic (exact) mass is 509 g/mol. The molecule has 200 valence electrons. The number of rotatable bonds is 4. The molecule has 3 aliphatic heterocycles. The summed E-state index contributed by atoms with van der Waals surface area (Å²) in [5, 5.41) is 10.3. The van der Waals surface area contributed by atoms with Crippen LogP contribution in [0.15, 0.2) is 18.2 Å². The number of aryl methyl sites for hydroxylation is 1. The van der Waals surface area contributed by atoms with Gasteiger partial charge in [0.05, 0.1) is 17.8 Å². The highest BCUT2D eigenvalue weighted by molar-refractivity contribution is 6.02. The van der Waals surface area contributed by atoms with E-state index < -0.39 is 5.54 Å². The average molecular weight is 510 g/mol. The Hall–Kier alpha value is -2.98. The first-order valence-electron chi connectivity index (χ1n) is 13.4. The number of carbonyl (C=O) groups is 2. The largest absolute Gasteiger partial charge is 0.381 e. The van der Waals surface area contributed by atoms with Gasteiger partial charge in [-0.05, 0) is 65.5 Å². The first-order valence-corrected chi connectivity index (χ1v) is 13.4. The van der Waals surface area contributed by atoms with Gasteiger partial charge in [0, 0.05) is 56.2 Å². The Morgan fingerprint density at radius 3 is 2.65 bits per heavy atom. The molecule has 2 N–H and O–H groups in total. The summed E-state index contributed by atoms with van der Waals surface area (Å²) in [5.74, 6) is 0.808. The van der Waals surface area contributed by atoms with Crippen molar-refractivity contribution in [3.05, 3.63) is 40.8 Å². The molecule has 2 saturated heterocycles. The molecule has 2 fully saturated rings. The van der Waals surface area contributed by atoms with E-state index in [0.717, 1.165) is 56.1 Å². The molecule has 0 aromatic carbocycles. The number of hydrogen-bond donors (Lipinski definition) is 2. The second kappa shape index (κ2) is 10.1. The van der Waals surface area contributed by atoms with Gasteiger partial charge in [0.25, 0.3) is 5.91 Å². The lowest BCUT2D eigenvalue weighted by Crippen LogP contribution is -2.62. The lowest BCUT2D eigenvalue weighted by molar-refractivity contribution is 0.00882. The molecule has 2 atom stereocenters. The normalized spacial score (nSPS) is 24.2. The molecule has 2 aromatic rings. The Balaban J connectivity index is 1.27. The van der Waals surface area contributed by atoms with Crippen LogP contribution in [0.3, 0.4) is 0 Å². The summed E-state index contributed by atoms with van der Waals surface area (Å²) in [6.45, 7) is 15.0. The smallest absolute Gasteiger partial charge is 0.321 e. The molecule has 37 heavy (non-hydrogen) atoms. The maximum atomic E-state index is 13.9. The van der Waals surface area contributed by atoms with Crippen molar-refractivity contribution in [1.82, 2.24) is 29.9 Å². The SMILES string of the molecule is Cc1cccc(C(=O)Nc2n[nH]c3c2CN(C(=O)N2C[C@@H](C)N(CC4CCOCC4)C[C@@H]2C)C3(C)C)n1. The van der Waals surface area contributed by atoms with Crippen molar-refractivity contribution in [2.75, 3.05) is 38.2 Å². The maximum Gasteiger partial charge on any atom is 0.321 e. The number of carbonyl (C=O) groups excluding carboxylic acids is 2. The average Bonchev–Trinajstić information content (AvgIpc) is 3.39. The van der Waals surface area contributed by atoms with Gasteiger partial charge in [-0.3, -0.25) is 14.8 Å². The summed E-state index contributed by atoms with van der Waals surface area (Å²) in [7, 11) is 0. The highest BCUT2D eigenvalue weighted by Gasteiger charge is 2.47. The van der Waals surface area contributed by atoms with Crippen LogP contribution in [0.2, 0.25) is 0 Å². The van der Waals surface area contributed by atoms with Gasteiger partial charge in [0.1, 0.15) is 5.69 Å². The van der Waals surface area contributed by atoms with E-state index in [4.69, 9.17) is 4.74 Å². The van der Waals surface area contributed by atoms with E-state index in [1.807, 2.05) is 36.6 Å². The van der Waals surface area contributed by atoms with Crippen LogP contribution in [0.1, 0.15) is 68.0 Å². The number of urea groups is 1. The predicted molar refractivity (Wildman–Crippen MR) is 140 cm³/mol. The zero-order chi connectivity index (χ0) is 26.3. The fourth-order valence-corrected chi connectivity index (χ4v) is 5.90. The number of hydrogen-bond acceptors (Lipinski definition) is 6. The Morgan fingerprint density at radius 1 is 1.16 bits per heavy atom. The quantitative estimate of drug-likeness (QED) is 0.655. The minimum Gasteiger partial charge on any atom is -0.381 e. The number of aromatic amines is 1. The molecule has 0 unspecified atom stereocenters. The molecular formula is C27H39N7O3. The van der Waals surface area contributed by atoms with E-state index in [0.29, 0.717) is 36.6 Å². The van der Waals surface area contributed by atoms with E-state index in [1.165, 1.54) is 0 Å². The highest BCUT2D eigenvalue weighted by atomic mass is 16.5. The zero-order valence-corrected chi connectivity index (χ0v) is 22.6. The number of anilines is 1. The number of fused-ring (bicyclic) bond motifs is 1. The summed E-state index contributed by atoms with van der Waals surface area (Å²) in [5.41, 5.74) is 2.23. The summed E-state index contributed by atoms with van der Waals surface area (Å²) in [6, 6.07) is 5.77. The van der Waals surface area contributed by atoms with Gasteiger partial charge >= 0.3 is 6.03 Å². The van der Waals surface area contributed by atoms with Crippen LogP contribution in [0, 0.1) is 12.8 Å². The van der Waals surface area contributed by atoms with Gasteiger partial charge in [-0.15, -0.1) is 0 Å². The van der Waals surface area contributed by atoms with E-state index in [1.54, 1.807) is 12.1 Å². The third-order valence-corrected chi connectivity index (χ3v) is 8.25. The Labute approximate surface area is 218 Å². The van der Waals surface area contributed by atoms with Crippen molar-refractivity contribution in [1.29, 1.82) is 0 Å². The van der Waals surface area contributed by atoms with Gasteiger partial charge < -0.3 is 19.9 Å². The van der Waals surface area contributed by atoms with Gasteiger partial charge in [-0.1, -0.05) is 6.07 Å². The van der Waals surface area contributed by atoms with Crippen LogP contribution < -0.4 is 5.32 Å². The molecular weight excluding hydrogens is 470 g/mol. The van der Waals surface area contributed by atoms with Crippen molar-refractivity contribution in [2.24, 2.45) is 5.92 Å². The van der Waals surface area contributed by atoms with Crippen LogP contribution in [0.5, 0.6) is 0 Å². The van der Waals surface area contributed by atoms with Crippen LogP contribution in [0.25, 0.3) is 0 Å². The van der Waals surface area contributed by atoms with Crippen molar-refractivity contribution in [3.8, 4) is 0 Å². The molecule has 0 spiro atoms. The van der Waals surface area contributed by atoms with Crippen molar-refractivity contribution >= 4 is 17.8 Å². The van der Waals surface area contributed by atoms with Crippen LogP contribution >= 0.6 is 0 Å². The number of ether oxygens (including phenoxy) is 1. The second-order valence-corrected chi connectivity index (χ2v) is 11.3. The van der Waals surface area contributed by atoms with E-state index in [2.05, 4.69) is 39.2 Å². The zero-order valence-electron chi connectivity index (χ0n) is 22.6. The standard InChI is InChI=1S/C27H39N7O3/c1-17-7-6-8-22(28-17)25(35)29-24-21-16-34(27(4,5)23(21)30-31-24)26(36)33-14-18(2)32(13-19(33)3)15-20-9-11-37-12-10-20/h6-8,18-20H,9-16H2,1-5H3,(H2,29,30,31,35)/t18-,19+/m1/s1. The topological polar surface area (TPSA) is 107 Å². The molecule has 0 bridgehead atoms. The van der Waals surface area contributed by atoms with Crippen LogP contribution in [-0.2, 0) is 16.8 Å². The van der Waals surface area contributed by atoms with Crippen molar-refractivity contribution in [2.45, 2.75) is 71.6 Å². The molecule has 5 rings (SSSR count). The number of nitrogens with one attached hydrogen (secondary N) is 2. The molecule has 10 heteroatoms. The van der Waals surface area contributed by atoms with Gasteiger partial charge in [0.2, 0.25) is 0 Å². The molecule has 3 amide bonds. The maximum absolute atomic E-state index is 13.9. The first kappa shape index (κ1) is 25.7. The third-order valence-electron chi connectivity index (χ3n) is 8.25. The van der Waals surface area contributed by atoms with Crippen LogP contribution in [-0.4, -0.2) is 86.8 Å². The minimum atomic E-state index is -0.577. The Kier molecular flexibility index (Phi) is 6.97. The fraction of sp³-hybridized carbons (Fsp3) is 0.630. The highest BCUT2D eigenvalue weighted by Crippen LogP contribution is 2.41. The van der Waals surface area contributed by atoms with Gasteiger partial charge in [-0.2, -0.15) is 5.10 Å². The predicted octanol–water partition coefficient (Wildman–Crippen LogP) is 3.36. The van der Waals surface area contributed by atoms with E-state index in [-0.39, 0.29) is 18.0 Å². The number of piperazine rings is 1. The number of amides is 3. The lowest BCUT2D eigenvalue weighted by atomic mass is 9.97. The lowest BCUT2D eigenvalue weighted by Gasteiger charge is -2.47. The van der Waals surface area contributed by atoms with E-state index in [9.17, 15) is 9.59 Å². The minimum absolute atomic E-state index is 0.0253. The Bertz CT molecular complexity index is 1160. The number of H-pyrrole nitrogens is 1. The van der Waals surface area contributed by atoms with Crippen molar-refractivity contribution in [3.63, 3.8) is 0 Å². The summed E-state index contributed by atoms with van der Waals surface area (Å²) in [6.07, 6.45) is 2.24. The molecule has 3 aliphatic rings. The number of nitrogens with zero attached hydrogens (tertiary/aromatic N) is 5. The second-order valence-electron chi connectivity index (χ2n) is 11.3. The molecule has 10 nitrogen and oxygen atoms in total. The first-order chi connectivity index (χ1) is 17.6. The molecule has 0 radical (unpaired) electrons. The number of pyridine rings is 1. The van der Waals surface area contributed by atoms with Crippen LogP contribution in [0.4, 0.5) is 10.6 Å². The van der Waals surface area contributed by atoms with Gasteiger partial charge in [0.15, 0.2) is 5.82 Å². The Morgan fingerprint density at radius 2 is 1.92 bits per heavy atom. The summed E-state index contributed by atoms with van der Waals surface area (Å²) >= 11 is 0. The van der Waals surface area contributed by atoms with Crippen molar-refractivity contribution < 1.29 is 14.3 Å².